The van der Waals surface area contributed by atoms with Crippen molar-refractivity contribution in [1.29, 1.82) is 0 Å². The van der Waals surface area contributed by atoms with E-state index in [0.717, 1.165) is 18.4 Å². The number of aromatic nitrogens is 5. The minimum atomic E-state index is -0.100. The van der Waals surface area contributed by atoms with Crippen LogP contribution in [0, 0.1) is 5.92 Å². The van der Waals surface area contributed by atoms with E-state index in [4.69, 9.17) is 0 Å². The minimum Gasteiger partial charge on any atom is -0.361 e. The summed E-state index contributed by atoms with van der Waals surface area (Å²) >= 11 is 0. The number of hydrogen-bond acceptors (Lipinski definition) is 7. The van der Waals surface area contributed by atoms with Crippen molar-refractivity contribution >= 4 is 11.7 Å². The molecule has 3 aromatic rings. The fourth-order valence-corrected chi connectivity index (χ4v) is 3.68. The molecule has 0 aliphatic carbocycles. The summed E-state index contributed by atoms with van der Waals surface area (Å²) in [6, 6.07) is 8.73. The Morgan fingerprint density at radius 1 is 1.10 bits per heavy atom. The molecule has 1 saturated heterocycles. The summed E-state index contributed by atoms with van der Waals surface area (Å²) in [7, 11) is 3.76. The van der Waals surface area contributed by atoms with Crippen LogP contribution in [0.4, 0.5) is 5.82 Å². The highest BCUT2D eigenvalue weighted by Crippen LogP contribution is 2.20. The van der Waals surface area contributed by atoms with Gasteiger partial charge in [0.1, 0.15) is 0 Å². The maximum atomic E-state index is 12.7. The predicted octanol–water partition coefficient (Wildman–Crippen LogP) is 1.71. The zero-order chi connectivity index (χ0) is 21.8. The zero-order valence-corrected chi connectivity index (χ0v) is 17.7. The lowest BCUT2D eigenvalue weighted by molar-refractivity contribution is 0.0675. The fraction of sp³-hybridized carbons (Fsp3) is 0.364. The number of likely N-dealkylation sites (tertiary alicyclic amines) is 1. The summed E-state index contributed by atoms with van der Waals surface area (Å²) in [5.41, 5.74) is 1.80. The molecule has 4 heterocycles. The van der Waals surface area contributed by atoms with Crippen LogP contribution < -0.4 is 10.5 Å². The third-order valence-corrected chi connectivity index (χ3v) is 5.54. The van der Waals surface area contributed by atoms with Gasteiger partial charge in [-0.2, -0.15) is 0 Å². The lowest BCUT2D eigenvalue weighted by atomic mass is 9.96. The van der Waals surface area contributed by atoms with E-state index in [2.05, 4.69) is 20.2 Å². The average Bonchev–Trinajstić information content (AvgIpc) is 2.81. The minimum absolute atomic E-state index is 0.0726. The highest BCUT2D eigenvalue weighted by atomic mass is 16.2. The van der Waals surface area contributed by atoms with E-state index in [9.17, 15) is 9.59 Å². The smallest absolute Gasteiger partial charge is 0.274 e. The molecule has 0 spiro atoms. The van der Waals surface area contributed by atoms with Crippen molar-refractivity contribution in [3.05, 3.63) is 65.1 Å². The van der Waals surface area contributed by atoms with Gasteiger partial charge in [0, 0.05) is 57.8 Å². The summed E-state index contributed by atoms with van der Waals surface area (Å²) < 4.78 is 1.65. The van der Waals surface area contributed by atoms with Crippen molar-refractivity contribution < 1.29 is 4.79 Å². The predicted molar refractivity (Wildman–Crippen MR) is 117 cm³/mol. The highest BCUT2D eigenvalue weighted by Gasteiger charge is 2.25. The number of carbonyl (C=O) groups excluding carboxylic acids is 1. The maximum Gasteiger partial charge on any atom is 0.274 e. The first-order chi connectivity index (χ1) is 15.0. The lowest BCUT2D eigenvalue weighted by Gasteiger charge is -2.32. The van der Waals surface area contributed by atoms with E-state index in [1.165, 1.54) is 0 Å². The number of piperidine rings is 1. The van der Waals surface area contributed by atoms with Gasteiger partial charge in [-0.05, 0) is 43.0 Å². The molecule has 1 amide bonds. The van der Waals surface area contributed by atoms with Crippen molar-refractivity contribution in [1.82, 2.24) is 29.6 Å². The number of rotatable bonds is 5. The molecule has 31 heavy (non-hydrogen) atoms. The quantitative estimate of drug-likeness (QED) is 0.621. The molecule has 0 bridgehead atoms. The van der Waals surface area contributed by atoms with Crippen molar-refractivity contribution in [3.63, 3.8) is 0 Å². The molecule has 0 saturated carbocycles. The van der Waals surface area contributed by atoms with Gasteiger partial charge in [-0.25, -0.2) is 4.98 Å². The molecule has 0 aromatic carbocycles. The molecule has 0 atom stereocenters. The average molecular weight is 419 g/mol. The third-order valence-electron chi connectivity index (χ3n) is 5.54. The molecule has 0 radical (unpaired) electrons. The van der Waals surface area contributed by atoms with E-state index < -0.39 is 0 Å². The molecule has 4 rings (SSSR count). The monoisotopic (exact) mass is 419 g/mol. The number of nitrogens with zero attached hydrogens (tertiary/aromatic N) is 7. The van der Waals surface area contributed by atoms with Crippen LogP contribution in [0.15, 0.2) is 53.8 Å². The molecule has 1 aliphatic rings. The van der Waals surface area contributed by atoms with Gasteiger partial charge in [0.2, 0.25) is 0 Å². The molecular formula is C22H25N7O2. The summed E-state index contributed by atoms with van der Waals surface area (Å²) in [6.45, 7) is 1.87. The van der Waals surface area contributed by atoms with E-state index in [1.54, 1.807) is 41.5 Å². The second-order valence-electron chi connectivity index (χ2n) is 7.91. The first-order valence-electron chi connectivity index (χ1n) is 10.3. The van der Waals surface area contributed by atoms with E-state index in [-0.39, 0.29) is 11.5 Å². The Kier molecular flexibility index (Phi) is 6.01. The molecule has 1 aliphatic heterocycles. The first-order valence-corrected chi connectivity index (χ1v) is 10.3. The summed E-state index contributed by atoms with van der Waals surface area (Å²) in [5, 5.41) is 8.15. The Hall–Kier alpha value is -3.62. The molecule has 9 nitrogen and oxygen atoms in total. The Bertz CT molecular complexity index is 1090. The van der Waals surface area contributed by atoms with Gasteiger partial charge in [0.15, 0.2) is 11.5 Å². The van der Waals surface area contributed by atoms with E-state index in [1.807, 2.05) is 36.0 Å². The Morgan fingerprint density at radius 2 is 1.84 bits per heavy atom. The van der Waals surface area contributed by atoms with Gasteiger partial charge in [0.05, 0.1) is 12.0 Å². The van der Waals surface area contributed by atoms with Crippen LogP contribution in [0.25, 0.3) is 11.3 Å². The van der Waals surface area contributed by atoms with Crippen LogP contribution in [0.5, 0.6) is 0 Å². The van der Waals surface area contributed by atoms with Crippen LogP contribution in [0.1, 0.15) is 23.3 Å². The van der Waals surface area contributed by atoms with Crippen LogP contribution in [-0.4, -0.2) is 62.7 Å². The molecule has 9 heteroatoms. The van der Waals surface area contributed by atoms with Gasteiger partial charge in [-0.3, -0.25) is 19.1 Å². The zero-order valence-electron chi connectivity index (χ0n) is 17.7. The molecule has 0 N–H and O–H groups in total. The summed E-state index contributed by atoms with van der Waals surface area (Å²) in [4.78, 5) is 37.3. The highest BCUT2D eigenvalue weighted by molar-refractivity contribution is 5.92. The largest absolute Gasteiger partial charge is 0.361 e. The topological polar surface area (TPSA) is 97.1 Å². The van der Waals surface area contributed by atoms with Crippen LogP contribution in [0.3, 0.4) is 0 Å². The third kappa shape index (κ3) is 4.76. The van der Waals surface area contributed by atoms with Gasteiger partial charge in [0.25, 0.3) is 11.5 Å². The van der Waals surface area contributed by atoms with Gasteiger partial charge < -0.3 is 9.80 Å². The van der Waals surface area contributed by atoms with E-state index in [0.29, 0.717) is 42.8 Å². The number of carbonyl (C=O) groups is 1. The number of hydrogen-bond donors (Lipinski definition) is 0. The molecular weight excluding hydrogens is 394 g/mol. The molecule has 1 fully saturated rings. The lowest BCUT2D eigenvalue weighted by Crippen LogP contribution is -2.40. The van der Waals surface area contributed by atoms with E-state index >= 15 is 0 Å². The maximum absolute atomic E-state index is 12.7. The summed E-state index contributed by atoms with van der Waals surface area (Å²) in [5.74, 6) is 0.929. The fourth-order valence-electron chi connectivity index (χ4n) is 3.68. The van der Waals surface area contributed by atoms with Crippen LogP contribution in [-0.2, 0) is 6.54 Å². The normalized spacial score (nSPS) is 14.5. The summed E-state index contributed by atoms with van der Waals surface area (Å²) in [6.07, 6.45) is 6.62. The van der Waals surface area contributed by atoms with Gasteiger partial charge >= 0.3 is 0 Å². The van der Waals surface area contributed by atoms with Crippen molar-refractivity contribution in [2.24, 2.45) is 5.92 Å². The second kappa shape index (κ2) is 9.03. The van der Waals surface area contributed by atoms with Crippen LogP contribution in [0.2, 0.25) is 0 Å². The Morgan fingerprint density at radius 3 is 2.45 bits per heavy atom. The standard InChI is InChI=1S/C22H25N7O2/c1-27(2)20-4-3-18(25-26-20)22(31)28-11-7-16(8-12-28)14-29-15-24-19(13-21(29)30)17-5-9-23-10-6-17/h3-6,9-10,13,15-16H,7-8,11-12,14H2,1-2H3. The number of amides is 1. The number of anilines is 1. The first kappa shape index (κ1) is 20.6. The molecule has 160 valence electrons. The molecule has 0 unspecified atom stereocenters. The van der Waals surface area contributed by atoms with Gasteiger partial charge in [-0.1, -0.05) is 0 Å². The van der Waals surface area contributed by atoms with Crippen molar-refractivity contribution in [3.8, 4) is 11.3 Å². The SMILES string of the molecule is CN(C)c1ccc(C(=O)N2CCC(Cn3cnc(-c4ccncc4)cc3=O)CC2)nn1. The van der Waals surface area contributed by atoms with Gasteiger partial charge in [-0.15, -0.1) is 10.2 Å². The van der Waals surface area contributed by atoms with Crippen molar-refractivity contribution in [2.45, 2.75) is 19.4 Å². The number of pyridine rings is 1. The Balaban J connectivity index is 1.35. The molecule has 3 aromatic heterocycles. The van der Waals surface area contributed by atoms with Crippen LogP contribution >= 0.6 is 0 Å². The second-order valence-corrected chi connectivity index (χ2v) is 7.91. The van der Waals surface area contributed by atoms with Crippen molar-refractivity contribution in [2.75, 3.05) is 32.1 Å². The Labute approximate surface area is 180 Å².